The molecule has 3 rings (SSSR count). The standard InChI is InChI=1S/C17H12Br2N2O2S/c1-23-15-6-5-10(8-13(15)19)14-9-24-17(20-14)21-16(22)11-3-2-4-12(18)7-11/h2-9H,1H3,(H,20,21,22). The fourth-order valence-electron chi connectivity index (χ4n) is 2.09. The van der Waals surface area contributed by atoms with Gasteiger partial charge in [-0.15, -0.1) is 11.3 Å². The Morgan fingerprint density at radius 3 is 2.75 bits per heavy atom. The van der Waals surface area contributed by atoms with Crippen molar-refractivity contribution in [2.24, 2.45) is 0 Å². The van der Waals surface area contributed by atoms with Crippen LogP contribution in [-0.2, 0) is 0 Å². The van der Waals surface area contributed by atoms with Crippen molar-refractivity contribution < 1.29 is 9.53 Å². The molecule has 0 atom stereocenters. The molecule has 122 valence electrons. The van der Waals surface area contributed by atoms with Crippen LogP contribution in [0.3, 0.4) is 0 Å². The number of amides is 1. The number of halogens is 2. The highest BCUT2D eigenvalue weighted by molar-refractivity contribution is 9.10. The van der Waals surface area contributed by atoms with E-state index in [0.717, 1.165) is 26.0 Å². The summed E-state index contributed by atoms with van der Waals surface area (Å²) in [5, 5.41) is 5.29. The number of hydrogen-bond acceptors (Lipinski definition) is 4. The third-order valence-electron chi connectivity index (χ3n) is 3.26. The monoisotopic (exact) mass is 466 g/mol. The molecule has 0 aliphatic rings. The van der Waals surface area contributed by atoms with Crippen LogP contribution in [0, 0.1) is 0 Å². The molecule has 1 N–H and O–H groups in total. The van der Waals surface area contributed by atoms with Gasteiger partial charge in [0.1, 0.15) is 5.75 Å². The summed E-state index contributed by atoms with van der Waals surface area (Å²) in [4.78, 5) is 16.7. The van der Waals surface area contributed by atoms with Crippen molar-refractivity contribution in [1.29, 1.82) is 0 Å². The van der Waals surface area contributed by atoms with E-state index in [9.17, 15) is 4.79 Å². The topological polar surface area (TPSA) is 51.2 Å². The number of anilines is 1. The number of ether oxygens (including phenoxy) is 1. The second kappa shape index (κ2) is 7.46. The molecule has 1 amide bonds. The molecule has 4 nitrogen and oxygen atoms in total. The Morgan fingerprint density at radius 1 is 1.21 bits per heavy atom. The molecule has 3 aromatic rings. The molecule has 0 radical (unpaired) electrons. The van der Waals surface area contributed by atoms with Crippen molar-refractivity contribution in [1.82, 2.24) is 4.98 Å². The summed E-state index contributed by atoms with van der Waals surface area (Å²) < 4.78 is 6.94. The lowest BCUT2D eigenvalue weighted by molar-refractivity contribution is 0.102. The number of benzene rings is 2. The highest BCUT2D eigenvalue weighted by Gasteiger charge is 2.11. The van der Waals surface area contributed by atoms with Gasteiger partial charge in [-0.05, 0) is 52.3 Å². The van der Waals surface area contributed by atoms with E-state index in [2.05, 4.69) is 42.2 Å². The van der Waals surface area contributed by atoms with Crippen LogP contribution in [0.25, 0.3) is 11.3 Å². The maximum Gasteiger partial charge on any atom is 0.257 e. The molecule has 0 spiro atoms. The minimum Gasteiger partial charge on any atom is -0.496 e. The summed E-state index contributed by atoms with van der Waals surface area (Å²) in [5.74, 6) is 0.574. The van der Waals surface area contributed by atoms with E-state index in [-0.39, 0.29) is 5.91 Å². The number of nitrogens with zero attached hydrogens (tertiary/aromatic N) is 1. The highest BCUT2D eigenvalue weighted by Crippen LogP contribution is 2.32. The average Bonchev–Trinajstić information content (AvgIpc) is 3.03. The number of aromatic nitrogens is 1. The van der Waals surface area contributed by atoms with Crippen LogP contribution in [0.5, 0.6) is 5.75 Å². The Kier molecular flexibility index (Phi) is 5.33. The second-order valence-electron chi connectivity index (χ2n) is 4.85. The fraction of sp³-hybridized carbons (Fsp3) is 0.0588. The summed E-state index contributed by atoms with van der Waals surface area (Å²) in [7, 11) is 1.62. The number of carbonyl (C=O) groups is 1. The zero-order valence-corrected chi connectivity index (χ0v) is 16.5. The molecule has 7 heteroatoms. The van der Waals surface area contributed by atoms with Crippen molar-refractivity contribution in [2.45, 2.75) is 0 Å². The van der Waals surface area contributed by atoms with Crippen LogP contribution in [0.2, 0.25) is 0 Å². The molecule has 0 saturated heterocycles. The van der Waals surface area contributed by atoms with Crippen LogP contribution >= 0.6 is 43.2 Å². The van der Waals surface area contributed by atoms with Gasteiger partial charge >= 0.3 is 0 Å². The Balaban J connectivity index is 1.78. The Bertz CT molecular complexity index is 896. The Morgan fingerprint density at radius 2 is 2.04 bits per heavy atom. The average molecular weight is 468 g/mol. The first-order valence-corrected chi connectivity index (χ1v) is 9.40. The Labute approximate surface area is 160 Å². The van der Waals surface area contributed by atoms with E-state index in [1.165, 1.54) is 11.3 Å². The molecule has 0 unspecified atom stereocenters. The maximum absolute atomic E-state index is 12.3. The lowest BCUT2D eigenvalue weighted by Crippen LogP contribution is -2.11. The van der Waals surface area contributed by atoms with Crippen molar-refractivity contribution in [3.63, 3.8) is 0 Å². The zero-order valence-electron chi connectivity index (χ0n) is 12.5. The number of thiazole rings is 1. The highest BCUT2D eigenvalue weighted by atomic mass is 79.9. The molecule has 0 saturated carbocycles. The van der Waals surface area contributed by atoms with Crippen LogP contribution in [0.15, 0.2) is 56.8 Å². The largest absolute Gasteiger partial charge is 0.496 e. The summed E-state index contributed by atoms with van der Waals surface area (Å²) in [6.07, 6.45) is 0. The number of hydrogen-bond donors (Lipinski definition) is 1. The predicted molar refractivity (Wildman–Crippen MR) is 104 cm³/mol. The first-order chi connectivity index (χ1) is 11.6. The number of nitrogens with one attached hydrogen (secondary N) is 1. The molecule has 24 heavy (non-hydrogen) atoms. The molecular formula is C17H12Br2N2O2S. The van der Waals surface area contributed by atoms with Crippen molar-refractivity contribution in [2.75, 3.05) is 12.4 Å². The summed E-state index contributed by atoms with van der Waals surface area (Å²) in [5.41, 5.74) is 2.32. The van der Waals surface area contributed by atoms with Gasteiger partial charge in [0.15, 0.2) is 5.13 Å². The smallest absolute Gasteiger partial charge is 0.257 e. The van der Waals surface area contributed by atoms with E-state index in [1.54, 1.807) is 19.2 Å². The minimum absolute atomic E-state index is 0.187. The van der Waals surface area contributed by atoms with Gasteiger partial charge in [-0.25, -0.2) is 4.98 Å². The molecular weight excluding hydrogens is 456 g/mol. The zero-order chi connectivity index (χ0) is 17.1. The van der Waals surface area contributed by atoms with Gasteiger partial charge in [0.05, 0.1) is 17.3 Å². The Hall–Kier alpha value is -1.70. The van der Waals surface area contributed by atoms with E-state index >= 15 is 0 Å². The molecule has 2 aromatic carbocycles. The predicted octanol–water partition coefficient (Wildman–Crippen LogP) is 5.60. The van der Waals surface area contributed by atoms with Gasteiger partial charge in [0.2, 0.25) is 0 Å². The van der Waals surface area contributed by atoms with E-state index < -0.39 is 0 Å². The molecule has 1 aromatic heterocycles. The van der Waals surface area contributed by atoms with E-state index in [1.807, 2.05) is 35.7 Å². The molecule has 0 aliphatic heterocycles. The van der Waals surface area contributed by atoms with Gasteiger partial charge in [-0.1, -0.05) is 22.0 Å². The van der Waals surface area contributed by atoms with Crippen LogP contribution < -0.4 is 10.1 Å². The lowest BCUT2D eigenvalue weighted by Gasteiger charge is -2.04. The molecule has 1 heterocycles. The normalized spacial score (nSPS) is 10.5. The van der Waals surface area contributed by atoms with Crippen LogP contribution in [-0.4, -0.2) is 18.0 Å². The van der Waals surface area contributed by atoms with E-state index in [0.29, 0.717) is 10.7 Å². The first-order valence-electron chi connectivity index (χ1n) is 6.93. The quantitative estimate of drug-likeness (QED) is 0.543. The van der Waals surface area contributed by atoms with Crippen molar-refractivity contribution in [3.05, 3.63) is 62.4 Å². The number of carbonyl (C=O) groups excluding carboxylic acids is 1. The minimum atomic E-state index is -0.187. The molecule has 0 bridgehead atoms. The SMILES string of the molecule is COc1ccc(-c2csc(NC(=O)c3cccc(Br)c3)n2)cc1Br. The molecule has 0 fully saturated rings. The van der Waals surface area contributed by atoms with Crippen LogP contribution in [0.4, 0.5) is 5.13 Å². The molecule has 0 aliphatic carbocycles. The number of rotatable bonds is 4. The second-order valence-corrected chi connectivity index (χ2v) is 7.48. The van der Waals surface area contributed by atoms with Crippen molar-refractivity contribution >= 4 is 54.2 Å². The van der Waals surface area contributed by atoms with Gasteiger partial charge in [-0.3, -0.25) is 10.1 Å². The third-order valence-corrected chi connectivity index (χ3v) is 5.13. The van der Waals surface area contributed by atoms with Gasteiger partial charge in [0.25, 0.3) is 5.91 Å². The van der Waals surface area contributed by atoms with Gasteiger partial charge < -0.3 is 4.74 Å². The maximum atomic E-state index is 12.3. The number of methoxy groups -OCH3 is 1. The van der Waals surface area contributed by atoms with E-state index in [4.69, 9.17) is 4.74 Å². The summed E-state index contributed by atoms with van der Waals surface area (Å²) in [6, 6.07) is 13.0. The van der Waals surface area contributed by atoms with Gasteiger partial charge in [0, 0.05) is 21.0 Å². The van der Waals surface area contributed by atoms with Crippen LogP contribution in [0.1, 0.15) is 10.4 Å². The third kappa shape index (κ3) is 3.85. The van der Waals surface area contributed by atoms with Crippen molar-refractivity contribution in [3.8, 4) is 17.0 Å². The fourth-order valence-corrected chi connectivity index (χ4v) is 3.74. The first kappa shape index (κ1) is 17.1. The summed E-state index contributed by atoms with van der Waals surface area (Å²) in [6.45, 7) is 0. The summed E-state index contributed by atoms with van der Waals surface area (Å²) >= 11 is 8.21. The van der Waals surface area contributed by atoms with Gasteiger partial charge in [-0.2, -0.15) is 0 Å². The lowest BCUT2D eigenvalue weighted by atomic mass is 10.2.